The molecule has 0 atom stereocenters. The second kappa shape index (κ2) is 9.14. The number of carbonyl (C=O) groups excluding carboxylic acids is 1. The molecule has 0 saturated heterocycles. The standard InChI is InChI=1S/C24H21BrN4O2/c1-3-31-21-13-11-20(12-14-21)29-23(17-7-9-18(25)10-8-17)27-22(28-29)24(30)26-19-6-4-5-16(2)15-19/h4-15H,3H2,1-2H3,(H,26,30). The maximum Gasteiger partial charge on any atom is 0.295 e. The Hall–Kier alpha value is -3.45. The summed E-state index contributed by atoms with van der Waals surface area (Å²) in [4.78, 5) is 17.4. The Morgan fingerprint density at radius 1 is 1.06 bits per heavy atom. The van der Waals surface area contributed by atoms with Gasteiger partial charge >= 0.3 is 0 Å². The lowest BCUT2D eigenvalue weighted by atomic mass is 10.2. The smallest absolute Gasteiger partial charge is 0.295 e. The van der Waals surface area contributed by atoms with Crippen molar-refractivity contribution in [2.45, 2.75) is 13.8 Å². The number of carbonyl (C=O) groups is 1. The minimum absolute atomic E-state index is 0.0910. The van der Waals surface area contributed by atoms with Crippen molar-refractivity contribution in [1.82, 2.24) is 14.8 Å². The summed E-state index contributed by atoms with van der Waals surface area (Å²) in [6, 6.07) is 22.9. The highest BCUT2D eigenvalue weighted by molar-refractivity contribution is 9.10. The van der Waals surface area contributed by atoms with E-state index in [1.165, 1.54) is 0 Å². The Bertz CT molecular complexity index is 1200. The number of ether oxygens (including phenoxy) is 1. The zero-order chi connectivity index (χ0) is 21.8. The molecule has 4 aromatic rings. The van der Waals surface area contributed by atoms with Crippen molar-refractivity contribution in [3.63, 3.8) is 0 Å². The number of aryl methyl sites for hydroxylation is 1. The van der Waals surface area contributed by atoms with Crippen LogP contribution in [-0.4, -0.2) is 27.3 Å². The highest BCUT2D eigenvalue weighted by Crippen LogP contribution is 2.25. The van der Waals surface area contributed by atoms with Crippen molar-refractivity contribution >= 4 is 27.5 Å². The van der Waals surface area contributed by atoms with Crippen molar-refractivity contribution < 1.29 is 9.53 Å². The quantitative estimate of drug-likeness (QED) is 0.389. The van der Waals surface area contributed by atoms with Gasteiger partial charge in [0.2, 0.25) is 5.82 Å². The van der Waals surface area contributed by atoms with Crippen molar-refractivity contribution in [2.75, 3.05) is 11.9 Å². The number of anilines is 1. The Balaban J connectivity index is 1.72. The first-order valence-electron chi connectivity index (χ1n) is 9.88. The number of hydrogen-bond acceptors (Lipinski definition) is 4. The van der Waals surface area contributed by atoms with Crippen LogP contribution in [0.3, 0.4) is 0 Å². The predicted molar refractivity (Wildman–Crippen MR) is 125 cm³/mol. The first kappa shape index (κ1) is 20.8. The number of amides is 1. The molecule has 156 valence electrons. The molecule has 0 saturated carbocycles. The predicted octanol–water partition coefficient (Wildman–Crippen LogP) is 5.66. The zero-order valence-electron chi connectivity index (χ0n) is 17.2. The summed E-state index contributed by atoms with van der Waals surface area (Å²) >= 11 is 3.45. The third kappa shape index (κ3) is 4.83. The van der Waals surface area contributed by atoms with Crippen LogP contribution in [-0.2, 0) is 0 Å². The fourth-order valence-electron chi connectivity index (χ4n) is 3.13. The number of hydrogen-bond donors (Lipinski definition) is 1. The molecule has 0 radical (unpaired) electrons. The molecule has 3 aromatic carbocycles. The molecule has 1 N–H and O–H groups in total. The van der Waals surface area contributed by atoms with E-state index in [1.54, 1.807) is 4.68 Å². The maximum atomic E-state index is 12.9. The van der Waals surface area contributed by atoms with Gasteiger partial charge in [-0.05, 0) is 67.9 Å². The number of aromatic nitrogens is 3. The topological polar surface area (TPSA) is 69.0 Å². The summed E-state index contributed by atoms with van der Waals surface area (Å²) in [6.45, 7) is 4.51. The van der Waals surface area contributed by atoms with E-state index in [0.717, 1.165) is 27.0 Å². The van der Waals surface area contributed by atoms with Gasteiger partial charge < -0.3 is 10.1 Å². The largest absolute Gasteiger partial charge is 0.494 e. The van der Waals surface area contributed by atoms with Crippen molar-refractivity contribution in [3.05, 3.63) is 88.7 Å². The normalized spacial score (nSPS) is 10.7. The molecule has 4 rings (SSSR count). The molecule has 0 fully saturated rings. The first-order chi connectivity index (χ1) is 15.0. The van der Waals surface area contributed by atoms with Crippen molar-refractivity contribution in [2.24, 2.45) is 0 Å². The minimum atomic E-state index is -0.367. The fraction of sp³-hybridized carbons (Fsp3) is 0.125. The summed E-state index contributed by atoms with van der Waals surface area (Å²) in [7, 11) is 0. The molecule has 1 aromatic heterocycles. The molecule has 0 aliphatic rings. The molecular formula is C24H21BrN4O2. The SMILES string of the molecule is CCOc1ccc(-n2nc(C(=O)Nc3cccc(C)c3)nc2-c2ccc(Br)cc2)cc1. The third-order valence-corrected chi connectivity index (χ3v) is 5.11. The van der Waals surface area contributed by atoms with Crippen molar-refractivity contribution in [1.29, 1.82) is 0 Å². The van der Waals surface area contributed by atoms with Crippen LogP contribution in [0.15, 0.2) is 77.3 Å². The number of nitrogens with one attached hydrogen (secondary N) is 1. The molecule has 6 nitrogen and oxygen atoms in total. The molecule has 1 heterocycles. The highest BCUT2D eigenvalue weighted by atomic mass is 79.9. The zero-order valence-corrected chi connectivity index (χ0v) is 18.8. The van der Waals surface area contributed by atoms with Gasteiger partial charge in [0.1, 0.15) is 5.75 Å². The Kier molecular flexibility index (Phi) is 6.13. The van der Waals surface area contributed by atoms with Gasteiger partial charge in [-0.15, -0.1) is 5.10 Å². The van der Waals surface area contributed by atoms with Crippen LogP contribution < -0.4 is 10.1 Å². The molecule has 0 bridgehead atoms. The summed E-state index contributed by atoms with van der Waals surface area (Å²) < 4.78 is 8.16. The van der Waals surface area contributed by atoms with E-state index in [2.05, 4.69) is 31.3 Å². The van der Waals surface area contributed by atoms with Crippen LogP contribution in [0.5, 0.6) is 5.75 Å². The van der Waals surface area contributed by atoms with E-state index < -0.39 is 0 Å². The van der Waals surface area contributed by atoms with E-state index in [1.807, 2.05) is 86.6 Å². The average molecular weight is 477 g/mol. The van der Waals surface area contributed by atoms with E-state index in [4.69, 9.17) is 4.74 Å². The highest BCUT2D eigenvalue weighted by Gasteiger charge is 2.19. The summed E-state index contributed by atoms with van der Waals surface area (Å²) in [5.74, 6) is 1.07. The monoisotopic (exact) mass is 476 g/mol. The van der Waals surface area contributed by atoms with Gasteiger partial charge in [0, 0.05) is 15.7 Å². The molecule has 7 heteroatoms. The summed E-state index contributed by atoms with van der Waals surface area (Å²) in [5, 5.41) is 7.39. The average Bonchev–Trinajstić information content (AvgIpc) is 3.21. The summed E-state index contributed by atoms with van der Waals surface area (Å²) in [5.41, 5.74) is 3.39. The Morgan fingerprint density at radius 3 is 2.48 bits per heavy atom. The van der Waals surface area contributed by atoms with Crippen molar-refractivity contribution in [3.8, 4) is 22.8 Å². The van der Waals surface area contributed by atoms with Gasteiger partial charge in [0.15, 0.2) is 5.82 Å². The van der Waals surface area contributed by atoms with Gasteiger partial charge in [-0.3, -0.25) is 4.79 Å². The lowest BCUT2D eigenvalue weighted by Gasteiger charge is -2.08. The minimum Gasteiger partial charge on any atom is -0.494 e. The van der Waals surface area contributed by atoms with Gasteiger partial charge in [-0.25, -0.2) is 9.67 Å². The lowest BCUT2D eigenvalue weighted by Crippen LogP contribution is -2.14. The second-order valence-corrected chi connectivity index (χ2v) is 7.84. The van der Waals surface area contributed by atoms with Crippen LogP contribution in [0.1, 0.15) is 23.1 Å². The van der Waals surface area contributed by atoms with Gasteiger partial charge in [-0.2, -0.15) is 0 Å². The Labute approximate surface area is 189 Å². The lowest BCUT2D eigenvalue weighted by molar-refractivity contribution is 0.101. The maximum absolute atomic E-state index is 12.9. The Morgan fingerprint density at radius 2 is 1.81 bits per heavy atom. The van der Waals surface area contributed by atoms with Crippen LogP contribution in [0.2, 0.25) is 0 Å². The van der Waals surface area contributed by atoms with E-state index in [-0.39, 0.29) is 11.7 Å². The van der Waals surface area contributed by atoms with E-state index >= 15 is 0 Å². The van der Waals surface area contributed by atoms with Gasteiger partial charge in [0.05, 0.1) is 12.3 Å². The number of benzene rings is 3. The second-order valence-electron chi connectivity index (χ2n) is 6.93. The molecule has 0 unspecified atom stereocenters. The van der Waals surface area contributed by atoms with Crippen LogP contribution in [0.4, 0.5) is 5.69 Å². The van der Waals surface area contributed by atoms with E-state index in [0.29, 0.717) is 18.1 Å². The first-order valence-corrected chi connectivity index (χ1v) is 10.7. The van der Waals surface area contributed by atoms with Crippen LogP contribution in [0.25, 0.3) is 17.1 Å². The molecule has 0 spiro atoms. The van der Waals surface area contributed by atoms with Crippen LogP contribution in [0, 0.1) is 6.92 Å². The molecule has 0 aliphatic heterocycles. The van der Waals surface area contributed by atoms with Gasteiger partial charge in [-0.1, -0.05) is 40.2 Å². The van der Waals surface area contributed by atoms with Gasteiger partial charge in [0.25, 0.3) is 5.91 Å². The third-order valence-electron chi connectivity index (χ3n) is 4.58. The van der Waals surface area contributed by atoms with E-state index in [9.17, 15) is 4.79 Å². The molecule has 1 amide bonds. The van der Waals surface area contributed by atoms with Crippen LogP contribution >= 0.6 is 15.9 Å². The molecule has 31 heavy (non-hydrogen) atoms. The number of rotatable bonds is 6. The fourth-order valence-corrected chi connectivity index (χ4v) is 3.40. The number of halogens is 1. The molecular weight excluding hydrogens is 456 g/mol. The summed E-state index contributed by atoms with van der Waals surface area (Å²) in [6.07, 6.45) is 0. The number of nitrogens with zero attached hydrogens (tertiary/aromatic N) is 3. The molecule has 0 aliphatic carbocycles.